The third-order valence-corrected chi connectivity index (χ3v) is 2.93. The van der Waals surface area contributed by atoms with E-state index in [2.05, 4.69) is 5.32 Å². The monoisotopic (exact) mass is 330 g/mol. The molecule has 0 aliphatic heterocycles. The maximum Gasteiger partial charge on any atom is 0.255 e. The summed E-state index contributed by atoms with van der Waals surface area (Å²) in [5.74, 6) is -0.581. The van der Waals surface area contributed by atoms with Crippen molar-refractivity contribution in [3.63, 3.8) is 0 Å². The summed E-state index contributed by atoms with van der Waals surface area (Å²) in [4.78, 5) is 22.9. The van der Waals surface area contributed by atoms with Crippen LogP contribution in [-0.4, -0.2) is 45.3 Å². The van der Waals surface area contributed by atoms with E-state index in [0.717, 1.165) is 0 Å². The van der Waals surface area contributed by atoms with Crippen LogP contribution in [0.2, 0.25) is 5.02 Å². The van der Waals surface area contributed by atoms with E-state index in [1.165, 1.54) is 19.2 Å². The predicted octanol–water partition coefficient (Wildman–Crippen LogP) is 0.977. The highest BCUT2D eigenvalue weighted by Crippen LogP contribution is 2.36. The number of hydrogen-bond acceptors (Lipinski definition) is 5. The Morgan fingerprint density at radius 1 is 1.36 bits per heavy atom. The molecular formula is C14H19ClN2O5. The maximum absolute atomic E-state index is 12.1. The van der Waals surface area contributed by atoms with E-state index >= 15 is 0 Å². The largest absolute Gasteiger partial charge is 0.493 e. The molecule has 1 rings (SSSR count). The van der Waals surface area contributed by atoms with Gasteiger partial charge in [0.2, 0.25) is 0 Å². The summed E-state index contributed by atoms with van der Waals surface area (Å²) in [6.45, 7) is 1.85. The van der Waals surface area contributed by atoms with Crippen LogP contribution in [0.25, 0.3) is 0 Å². The number of nitrogens with one attached hydrogen (secondary N) is 1. The van der Waals surface area contributed by atoms with E-state index in [0.29, 0.717) is 12.2 Å². The van der Waals surface area contributed by atoms with Gasteiger partial charge in [0, 0.05) is 18.7 Å². The van der Waals surface area contributed by atoms with Crippen molar-refractivity contribution >= 4 is 23.4 Å². The maximum atomic E-state index is 12.1. The average Bonchev–Trinajstić information content (AvgIpc) is 2.45. The summed E-state index contributed by atoms with van der Waals surface area (Å²) in [5, 5.41) is 2.90. The Balaban J connectivity index is 2.97. The van der Waals surface area contributed by atoms with Gasteiger partial charge in [-0.2, -0.15) is 0 Å². The summed E-state index contributed by atoms with van der Waals surface area (Å²) >= 11 is 6.08. The zero-order chi connectivity index (χ0) is 16.7. The third kappa shape index (κ3) is 5.09. The number of amides is 2. The molecule has 0 saturated carbocycles. The number of benzene rings is 1. The summed E-state index contributed by atoms with van der Waals surface area (Å²) < 4.78 is 15.3. The fourth-order valence-corrected chi connectivity index (χ4v) is 2.00. The van der Waals surface area contributed by atoms with Gasteiger partial charge in [0.1, 0.15) is 0 Å². The van der Waals surface area contributed by atoms with Gasteiger partial charge in [-0.25, -0.2) is 0 Å². The standard InChI is InChI=1S/C14H19ClN2O5/c1-8(6-20-2)17-14(19)9-4-10(15)13(11(5-9)21-3)22-7-12(16)18/h4-5,8H,6-7H2,1-3H3,(H2,16,18)(H,17,19). The zero-order valence-electron chi connectivity index (χ0n) is 12.6. The summed E-state index contributed by atoms with van der Waals surface area (Å²) in [6, 6.07) is 2.74. The van der Waals surface area contributed by atoms with Crippen LogP contribution in [-0.2, 0) is 9.53 Å². The van der Waals surface area contributed by atoms with Crippen LogP contribution in [0, 0.1) is 0 Å². The highest BCUT2D eigenvalue weighted by molar-refractivity contribution is 6.32. The number of ether oxygens (including phenoxy) is 3. The zero-order valence-corrected chi connectivity index (χ0v) is 13.4. The third-order valence-electron chi connectivity index (χ3n) is 2.64. The van der Waals surface area contributed by atoms with E-state index in [9.17, 15) is 9.59 Å². The quantitative estimate of drug-likeness (QED) is 0.740. The number of nitrogens with two attached hydrogens (primary N) is 1. The molecule has 0 aliphatic carbocycles. The van der Waals surface area contributed by atoms with E-state index < -0.39 is 5.91 Å². The summed E-state index contributed by atoms with van der Waals surface area (Å²) in [6.07, 6.45) is 0. The van der Waals surface area contributed by atoms with Gasteiger partial charge < -0.3 is 25.3 Å². The number of rotatable bonds is 8. The topological polar surface area (TPSA) is 99.9 Å². The first-order valence-corrected chi connectivity index (χ1v) is 6.85. The van der Waals surface area contributed by atoms with Crippen LogP contribution < -0.4 is 20.5 Å². The highest BCUT2D eigenvalue weighted by atomic mass is 35.5. The molecule has 22 heavy (non-hydrogen) atoms. The molecule has 0 fully saturated rings. The van der Waals surface area contributed by atoms with Crippen LogP contribution in [0.15, 0.2) is 12.1 Å². The molecule has 1 aromatic rings. The van der Waals surface area contributed by atoms with Crippen LogP contribution >= 0.6 is 11.6 Å². The van der Waals surface area contributed by atoms with Gasteiger partial charge >= 0.3 is 0 Å². The van der Waals surface area contributed by atoms with Crippen molar-refractivity contribution in [1.82, 2.24) is 5.32 Å². The summed E-state index contributed by atoms with van der Waals surface area (Å²) in [5.41, 5.74) is 5.32. The molecular weight excluding hydrogens is 312 g/mol. The smallest absolute Gasteiger partial charge is 0.255 e. The summed E-state index contributed by atoms with van der Waals surface area (Å²) in [7, 11) is 2.95. The highest BCUT2D eigenvalue weighted by Gasteiger charge is 2.17. The molecule has 1 aromatic carbocycles. The second-order valence-electron chi connectivity index (χ2n) is 4.57. The van der Waals surface area contributed by atoms with Gasteiger partial charge in [-0.15, -0.1) is 0 Å². The van der Waals surface area contributed by atoms with Crippen LogP contribution in [0.3, 0.4) is 0 Å². The van der Waals surface area contributed by atoms with Crippen LogP contribution in [0.4, 0.5) is 0 Å². The molecule has 0 bridgehead atoms. The predicted molar refractivity (Wildman–Crippen MR) is 81.5 cm³/mol. The lowest BCUT2D eigenvalue weighted by Crippen LogP contribution is -2.35. The molecule has 7 nitrogen and oxygen atoms in total. The van der Waals surface area contributed by atoms with Gasteiger partial charge in [0.15, 0.2) is 18.1 Å². The van der Waals surface area contributed by atoms with Crippen molar-refractivity contribution in [1.29, 1.82) is 0 Å². The Morgan fingerprint density at radius 3 is 2.59 bits per heavy atom. The lowest BCUT2D eigenvalue weighted by atomic mass is 10.1. The van der Waals surface area contributed by atoms with Crippen molar-refractivity contribution in [2.45, 2.75) is 13.0 Å². The van der Waals surface area contributed by atoms with Crippen molar-refractivity contribution < 1.29 is 23.8 Å². The molecule has 0 aliphatic rings. The second kappa shape index (κ2) is 8.45. The van der Waals surface area contributed by atoms with Crippen LogP contribution in [0.5, 0.6) is 11.5 Å². The first kappa shape index (κ1) is 18.1. The fourth-order valence-electron chi connectivity index (χ4n) is 1.73. The number of hydrogen-bond donors (Lipinski definition) is 2. The van der Waals surface area contributed by atoms with Crippen molar-refractivity contribution in [2.24, 2.45) is 5.73 Å². The lowest BCUT2D eigenvalue weighted by Gasteiger charge is -2.15. The van der Waals surface area contributed by atoms with Gasteiger partial charge in [0.05, 0.1) is 18.7 Å². The molecule has 1 atom stereocenters. The molecule has 122 valence electrons. The Labute approximate surface area is 133 Å². The molecule has 0 aromatic heterocycles. The minimum atomic E-state index is -0.645. The number of carbonyl (C=O) groups excluding carboxylic acids is 2. The number of primary amides is 1. The minimum Gasteiger partial charge on any atom is -0.493 e. The Bertz CT molecular complexity index is 550. The Hall–Kier alpha value is -1.99. The average molecular weight is 331 g/mol. The number of halogens is 1. The van der Waals surface area contributed by atoms with E-state index in [1.54, 1.807) is 7.11 Å². The first-order valence-electron chi connectivity index (χ1n) is 6.47. The van der Waals surface area contributed by atoms with Gasteiger partial charge in [0.25, 0.3) is 11.8 Å². The second-order valence-corrected chi connectivity index (χ2v) is 4.98. The van der Waals surface area contributed by atoms with Gasteiger partial charge in [-0.05, 0) is 19.1 Å². The molecule has 8 heteroatoms. The number of carbonyl (C=O) groups is 2. The molecule has 0 spiro atoms. The first-order chi connectivity index (χ1) is 10.4. The normalized spacial score (nSPS) is 11.6. The molecule has 0 saturated heterocycles. The van der Waals surface area contributed by atoms with Gasteiger partial charge in [-0.1, -0.05) is 11.6 Å². The van der Waals surface area contributed by atoms with Crippen molar-refractivity contribution in [3.8, 4) is 11.5 Å². The number of methoxy groups -OCH3 is 2. The fraction of sp³-hybridized carbons (Fsp3) is 0.429. The Kier molecular flexibility index (Phi) is 6.94. The molecule has 2 amide bonds. The van der Waals surface area contributed by atoms with Crippen molar-refractivity contribution in [2.75, 3.05) is 27.4 Å². The SMILES string of the molecule is COCC(C)NC(=O)c1cc(Cl)c(OCC(N)=O)c(OC)c1. The van der Waals surface area contributed by atoms with Crippen molar-refractivity contribution in [3.05, 3.63) is 22.7 Å². The Morgan fingerprint density at radius 2 is 2.05 bits per heavy atom. The van der Waals surface area contributed by atoms with E-state index in [1.807, 2.05) is 6.92 Å². The molecule has 0 radical (unpaired) electrons. The molecule has 1 unspecified atom stereocenters. The van der Waals surface area contributed by atoms with E-state index in [-0.39, 0.29) is 35.1 Å². The minimum absolute atomic E-state index is 0.144. The van der Waals surface area contributed by atoms with Gasteiger partial charge in [-0.3, -0.25) is 9.59 Å². The lowest BCUT2D eigenvalue weighted by molar-refractivity contribution is -0.119. The van der Waals surface area contributed by atoms with E-state index in [4.69, 9.17) is 31.5 Å². The molecule has 3 N–H and O–H groups in total. The molecule has 0 heterocycles. The van der Waals surface area contributed by atoms with Crippen LogP contribution in [0.1, 0.15) is 17.3 Å².